The van der Waals surface area contributed by atoms with E-state index in [-0.39, 0.29) is 17.1 Å². The molecule has 1 aliphatic heterocycles. The Hall–Kier alpha value is -4.13. The fraction of sp³-hybridized carbons (Fsp3) is 0.208. The Morgan fingerprint density at radius 3 is 2.41 bits per heavy atom. The van der Waals surface area contributed by atoms with Crippen LogP contribution in [-0.2, 0) is 20.6 Å². The van der Waals surface area contributed by atoms with Crippen LogP contribution in [0, 0.1) is 0 Å². The first-order valence-corrected chi connectivity index (χ1v) is 12.6. The van der Waals surface area contributed by atoms with Crippen molar-refractivity contribution in [3.05, 3.63) is 84.2 Å². The highest BCUT2D eigenvalue weighted by molar-refractivity contribution is 7.91. The minimum atomic E-state index is -4.88. The number of carbonyl (C=O) groups excluding carboxylic acids is 2. The number of rotatable bonds is 8. The van der Waals surface area contributed by atoms with Gasteiger partial charge in [0.2, 0.25) is 10.0 Å². The molecule has 0 bridgehead atoms. The number of hydrogen-bond acceptors (Lipinski definition) is 6. The standard InChI is InChI=1S/C24H21F3N4O5S/c1-15(19-11-12-28-13-20(19)30-37(34,35)14-16-5-3-2-4-6-16)21-22(32)31(23(33)29-21)17-7-9-18(10-8-17)36-24(25,26)27/h2-13,15,21,30H,14H2,1H3,(H,29,33). The van der Waals surface area contributed by atoms with Crippen LogP contribution in [0.5, 0.6) is 5.75 Å². The summed E-state index contributed by atoms with van der Waals surface area (Å²) in [5.74, 6) is -2.13. The van der Waals surface area contributed by atoms with Crippen molar-refractivity contribution in [3.8, 4) is 5.75 Å². The summed E-state index contributed by atoms with van der Waals surface area (Å²) in [4.78, 5) is 30.6. The molecule has 2 unspecified atom stereocenters. The minimum absolute atomic E-state index is 0.0465. The molecule has 2 N–H and O–H groups in total. The molecule has 1 saturated heterocycles. The number of nitrogens with one attached hydrogen (secondary N) is 2. The van der Waals surface area contributed by atoms with E-state index in [9.17, 15) is 31.2 Å². The SMILES string of the molecule is CC(c1ccncc1NS(=O)(=O)Cc1ccccc1)C1NC(=O)N(c2ccc(OC(F)(F)F)cc2)C1=O. The second-order valence-corrected chi connectivity index (χ2v) is 9.96. The van der Waals surface area contributed by atoms with Gasteiger partial charge in [0, 0.05) is 12.1 Å². The van der Waals surface area contributed by atoms with Gasteiger partial charge in [-0.1, -0.05) is 37.3 Å². The number of hydrogen-bond donors (Lipinski definition) is 2. The van der Waals surface area contributed by atoms with Gasteiger partial charge in [0.1, 0.15) is 11.8 Å². The first-order valence-electron chi connectivity index (χ1n) is 10.9. The summed E-state index contributed by atoms with van der Waals surface area (Å²) in [6, 6.07) is 12.5. The molecule has 3 amide bonds. The molecule has 0 radical (unpaired) electrons. The first kappa shape index (κ1) is 25.9. The number of aromatic nitrogens is 1. The van der Waals surface area contributed by atoms with Crippen molar-refractivity contribution in [2.24, 2.45) is 0 Å². The number of nitrogens with zero attached hydrogens (tertiary/aromatic N) is 2. The van der Waals surface area contributed by atoms with E-state index in [2.05, 4.69) is 19.8 Å². The van der Waals surface area contributed by atoms with Crippen LogP contribution in [0.25, 0.3) is 0 Å². The lowest BCUT2D eigenvalue weighted by molar-refractivity contribution is -0.274. The second kappa shape index (κ2) is 10.1. The quantitative estimate of drug-likeness (QED) is 0.420. The van der Waals surface area contributed by atoms with Gasteiger partial charge in [-0.2, -0.15) is 0 Å². The number of benzene rings is 2. The second-order valence-electron chi connectivity index (χ2n) is 8.24. The van der Waals surface area contributed by atoms with Crippen LogP contribution in [0.15, 0.2) is 73.1 Å². The molecule has 194 valence electrons. The monoisotopic (exact) mass is 534 g/mol. The van der Waals surface area contributed by atoms with E-state index in [1.165, 1.54) is 18.5 Å². The molecular weight excluding hydrogens is 513 g/mol. The van der Waals surface area contributed by atoms with Crippen LogP contribution in [0.2, 0.25) is 0 Å². The maximum atomic E-state index is 13.2. The Kier molecular flexibility index (Phi) is 7.07. The lowest BCUT2D eigenvalue weighted by atomic mass is 9.93. The van der Waals surface area contributed by atoms with E-state index in [4.69, 9.17) is 0 Å². The third-order valence-corrected chi connectivity index (χ3v) is 6.85. The molecule has 1 aromatic heterocycles. The van der Waals surface area contributed by atoms with E-state index < -0.39 is 46.0 Å². The Balaban J connectivity index is 1.53. The number of urea groups is 1. The average Bonchev–Trinajstić information content (AvgIpc) is 3.12. The zero-order valence-corrected chi connectivity index (χ0v) is 20.1. The number of pyridine rings is 1. The third-order valence-electron chi connectivity index (χ3n) is 5.61. The van der Waals surface area contributed by atoms with E-state index in [0.29, 0.717) is 11.1 Å². The normalized spacial score (nSPS) is 16.9. The van der Waals surface area contributed by atoms with Crippen molar-refractivity contribution >= 4 is 33.3 Å². The number of amides is 3. The smallest absolute Gasteiger partial charge is 0.406 e. The van der Waals surface area contributed by atoms with Gasteiger partial charge in [-0.05, 0) is 41.5 Å². The number of anilines is 2. The number of carbonyl (C=O) groups is 2. The van der Waals surface area contributed by atoms with Crippen molar-refractivity contribution in [3.63, 3.8) is 0 Å². The molecule has 2 aromatic carbocycles. The highest BCUT2D eigenvalue weighted by atomic mass is 32.2. The molecule has 0 saturated carbocycles. The van der Waals surface area contributed by atoms with Crippen molar-refractivity contribution < 1.29 is 35.9 Å². The zero-order valence-electron chi connectivity index (χ0n) is 19.3. The predicted octanol–water partition coefficient (Wildman–Crippen LogP) is 4.15. The van der Waals surface area contributed by atoms with E-state index in [1.54, 1.807) is 37.3 Å². The van der Waals surface area contributed by atoms with Gasteiger partial charge in [0.25, 0.3) is 5.91 Å². The van der Waals surface area contributed by atoms with Gasteiger partial charge < -0.3 is 10.1 Å². The van der Waals surface area contributed by atoms with Crippen molar-refractivity contribution in [1.82, 2.24) is 10.3 Å². The predicted molar refractivity (Wildman–Crippen MR) is 128 cm³/mol. The molecule has 2 atom stereocenters. The molecule has 0 aliphatic carbocycles. The van der Waals surface area contributed by atoms with Crippen LogP contribution in [0.1, 0.15) is 24.0 Å². The molecule has 37 heavy (non-hydrogen) atoms. The maximum absolute atomic E-state index is 13.2. The zero-order chi connectivity index (χ0) is 26.8. The van der Waals surface area contributed by atoms with Gasteiger partial charge in [-0.15, -0.1) is 13.2 Å². The Bertz CT molecular complexity index is 1400. The van der Waals surface area contributed by atoms with Crippen molar-refractivity contribution in [2.45, 2.75) is 31.0 Å². The van der Waals surface area contributed by atoms with Crippen LogP contribution >= 0.6 is 0 Å². The molecule has 4 rings (SSSR count). The molecule has 9 nitrogen and oxygen atoms in total. The molecule has 0 spiro atoms. The molecule has 13 heteroatoms. The summed E-state index contributed by atoms with van der Waals surface area (Å²) in [5.41, 5.74) is 1.19. The number of halogens is 3. The van der Waals surface area contributed by atoms with Crippen LogP contribution in [0.3, 0.4) is 0 Å². The minimum Gasteiger partial charge on any atom is -0.406 e. The fourth-order valence-electron chi connectivity index (χ4n) is 3.94. The van der Waals surface area contributed by atoms with E-state index >= 15 is 0 Å². The summed E-state index contributed by atoms with van der Waals surface area (Å²) < 4.78 is 69.1. The largest absolute Gasteiger partial charge is 0.573 e. The lowest BCUT2D eigenvalue weighted by Gasteiger charge is -2.21. The molecule has 3 aromatic rings. The topological polar surface area (TPSA) is 118 Å². The summed E-state index contributed by atoms with van der Waals surface area (Å²) in [5, 5.41) is 2.56. The van der Waals surface area contributed by atoms with Gasteiger partial charge in [0.15, 0.2) is 0 Å². The summed E-state index contributed by atoms with van der Waals surface area (Å²) in [6.07, 6.45) is -2.14. The Morgan fingerprint density at radius 2 is 1.76 bits per heavy atom. The first-order chi connectivity index (χ1) is 17.4. The average molecular weight is 535 g/mol. The molecule has 1 aliphatic rings. The maximum Gasteiger partial charge on any atom is 0.573 e. The van der Waals surface area contributed by atoms with E-state index in [1.807, 2.05) is 0 Å². The number of sulfonamides is 1. The Morgan fingerprint density at radius 1 is 1.08 bits per heavy atom. The van der Waals surface area contributed by atoms with Crippen molar-refractivity contribution in [2.75, 3.05) is 9.62 Å². The highest BCUT2D eigenvalue weighted by Gasteiger charge is 2.43. The Labute approximate surface area is 210 Å². The highest BCUT2D eigenvalue weighted by Crippen LogP contribution is 2.33. The lowest BCUT2D eigenvalue weighted by Crippen LogP contribution is -2.35. The van der Waals surface area contributed by atoms with Gasteiger partial charge >= 0.3 is 12.4 Å². The van der Waals surface area contributed by atoms with Gasteiger partial charge in [-0.25, -0.2) is 18.1 Å². The summed E-state index contributed by atoms with van der Waals surface area (Å²) in [6.45, 7) is 1.64. The summed E-state index contributed by atoms with van der Waals surface area (Å²) >= 11 is 0. The number of alkyl halides is 3. The van der Waals surface area contributed by atoms with Gasteiger partial charge in [-0.3, -0.25) is 14.5 Å². The van der Waals surface area contributed by atoms with E-state index in [0.717, 1.165) is 29.2 Å². The molecule has 1 fully saturated rings. The number of imide groups is 1. The van der Waals surface area contributed by atoms with Crippen LogP contribution in [0.4, 0.5) is 29.3 Å². The summed E-state index contributed by atoms with van der Waals surface area (Å²) in [7, 11) is -3.83. The van der Waals surface area contributed by atoms with Crippen molar-refractivity contribution in [1.29, 1.82) is 0 Å². The fourth-order valence-corrected chi connectivity index (χ4v) is 5.15. The molecular formula is C24H21F3N4O5S. The third kappa shape index (κ3) is 6.17. The van der Waals surface area contributed by atoms with Crippen LogP contribution in [-0.4, -0.2) is 37.7 Å². The van der Waals surface area contributed by atoms with Crippen LogP contribution < -0.4 is 19.7 Å². The van der Waals surface area contributed by atoms with Gasteiger partial charge in [0.05, 0.1) is 23.3 Å². The number of ether oxygens (including phenoxy) is 1. The molecule has 2 heterocycles.